The monoisotopic (exact) mass is 329 g/mol. The molecule has 22 heavy (non-hydrogen) atoms. The van der Waals surface area contributed by atoms with Crippen LogP contribution in [0, 0.1) is 0 Å². The third kappa shape index (κ3) is 3.50. The number of aromatic nitrogens is 2. The van der Waals surface area contributed by atoms with Gasteiger partial charge in [-0.25, -0.2) is 0 Å². The number of carbonyl (C=O) groups is 1. The van der Waals surface area contributed by atoms with Gasteiger partial charge in [-0.05, 0) is 42.0 Å². The first-order valence-corrected chi connectivity index (χ1v) is 7.81. The first-order chi connectivity index (χ1) is 10.7. The summed E-state index contributed by atoms with van der Waals surface area (Å²) in [7, 11) is 0. The number of hydrogen-bond donors (Lipinski definition) is 1. The molecule has 4 nitrogen and oxygen atoms in total. The lowest BCUT2D eigenvalue weighted by molar-refractivity contribution is 0.0955. The fourth-order valence-corrected chi connectivity index (χ4v) is 2.92. The van der Waals surface area contributed by atoms with Gasteiger partial charge in [0.05, 0.1) is 14.9 Å². The SMILES string of the molecule is O=C(NCc1ccnc(-c2cccnc2)c1)c1ccc(Cl)s1. The van der Waals surface area contributed by atoms with Crippen LogP contribution in [0.5, 0.6) is 0 Å². The Bertz CT molecular complexity index is 789. The summed E-state index contributed by atoms with van der Waals surface area (Å²) in [6.45, 7) is 0.435. The molecule has 0 aromatic carbocycles. The van der Waals surface area contributed by atoms with E-state index >= 15 is 0 Å². The van der Waals surface area contributed by atoms with Crippen LogP contribution >= 0.6 is 22.9 Å². The lowest BCUT2D eigenvalue weighted by atomic mass is 10.1. The topological polar surface area (TPSA) is 54.9 Å². The minimum Gasteiger partial charge on any atom is -0.347 e. The van der Waals surface area contributed by atoms with Crippen LogP contribution in [-0.4, -0.2) is 15.9 Å². The van der Waals surface area contributed by atoms with Gasteiger partial charge in [-0.15, -0.1) is 11.3 Å². The summed E-state index contributed by atoms with van der Waals surface area (Å²) in [6, 6.07) is 11.1. The first-order valence-electron chi connectivity index (χ1n) is 6.61. The molecule has 3 heterocycles. The van der Waals surface area contributed by atoms with E-state index < -0.39 is 0 Å². The minimum atomic E-state index is -0.128. The van der Waals surface area contributed by atoms with Gasteiger partial charge in [0.1, 0.15) is 0 Å². The van der Waals surface area contributed by atoms with Gasteiger partial charge >= 0.3 is 0 Å². The molecule has 6 heteroatoms. The van der Waals surface area contributed by atoms with E-state index in [1.165, 1.54) is 11.3 Å². The van der Waals surface area contributed by atoms with Crippen molar-refractivity contribution < 1.29 is 4.79 Å². The standard InChI is InChI=1S/C16H12ClN3OS/c17-15-4-3-14(22-15)16(21)20-9-11-5-7-19-13(8-11)12-2-1-6-18-10-12/h1-8,10H,9H2,(H,20,21). The first kappa shape index (κ1) is 14.7. The molecule has 0 aliphatic carbocycles. The number of pyridine rings is 2. The van der Waals surface area contributed by atoms with E-state index in [2.05, 4.69) is 15.3 Å². The number of carbonyl (C=O) groups excluding carboxylic acids is 1. The van der Waals surface area contributed by atoms with Crippen LogP contribution < -0.4 is 5.32 Å². The van der Waals surface area contributed by atoms with Gasteiger partial charge in [-0.3, -0.25) is 14.8 Å². The number of rotatable bonds is 4. The lowest BCUT2D eigenvalue weighted by Gasteiger charge is -2.06. The largest absolute Gasteiger partial charge is 0.347 e. The molecule has 0 unspecified atom stereocenters. The maximum absolute atomic E-state index is 12.0. The average molecular weight is 330 g/mol. The van der Waals surface area contributed by atoms with Crippen LogP contribution in [0.25, 0.3) is 11.3 Å². The van der Waals surface area contributed by atoms with E-state index in [9.17, 15) is 4.79 Å². The van der Waals surface area contributed by atoms with Crippen LogP contribution in [0.3, 0.4) is 0 Å². The van der Waals surface area contributed by atoms with E-state index in [0.717, 1.165) is 16.8 Å². The number of halogens is 1. The van der Waals surface area contributed by atoms with Crippen LogP contribution in [-0.2, 0) is 6.54 Å². The Morgan fingerprint density at radius 3 is 2.86 bits per heavy atom. The highest BCUT2D eigenvalue weighted by atomic mass is 35.5. The second-order valence-electron chi connectivity index (χ2n) is 4.58. The van der Waals surface area contributed by atoms with Crippen LogP contribution in [0.15, 0.2) is 55.0 Å². The number of amides is 1. The van der Waals surface area contributed by atoms with Gasteiger partial charge in [0, 0.05) is 30.7 Å². The van der Waals surface area contributed by atoms with Gasteiger partial charge in [0.2, 0.25) is 0 Å². The fraction of sp³-hybridized carbons (Fsp3) is 0.0625. The second-order valence-corrected chi connectivity index (χ2v) is 6.29. The molecule has 0 radical (unpaired) electrons. The van der Waals surface area contributed by atoms with Gasteiger partial charge in [-0.2, -0.15) is 0 Å². The predicted octanol–water partition coefficient (Wildman–Crippen LogP) is 3.79. The maximum Gasteiger partial charge on any atom is 0.261 e. The second kappa shape index (κ2) is 6.68. The predicted molar refractivity (Wildman–Crippen MR) is 88.0 cm³/mol. The van der Waals surface area contributed by atoms with Crippen molar-refractivity contribution in [2.75, 3.05) is 0 Å². The zero-order chi connectivity index (χ0) is 15.4. The molecule has 3 aromatic heterocycles. The molecule has 0 saturated carbocycles. The zero-order valence-corrected chi connectivity index (χ0v) is 13.1. The number of nitrogens with zero attached hydrogens (tertiary/aromatic N) is 2. The minimum absolute atomic E-state index is 0.128. The highest BCUT2D eigenvalue weighted by molar-refractivity contribution is 7.17. The van der Waals surface area contributed by atoms with Crippen molar-refractivity contribution in [2.45, 2.75) is 6.54 Å². The van der Waals surface area contributed by atoms with Crippen LogP contribution in [0.1, 0.15) is 15.2 Å². The number of nitrogens with one attached hydrogen (secondary N) is 1. The summed E-state index contributed by atoms with van der Waals surface area (Å²) in [5, 5.41) is 2.88. The Balaban J connectivity index is 1.70. The summed E-state index contributed by atoms with van der Waals surface area (Å²) in [5.41, 5.74) is 2.75. The van der Waals surface area contributed by atoms with Crippen molar-refractivity contribution in [1.29, 1.82) is 0 Å². The van der Waals surface area contributed by atoms with Crippen molar-refractivity contribution in [3.05, 3.63) is 69.8 Å². The molecule has 0 fully saturated rings. The lowest BCUT2D eigenvalue weighted by Crippen LogP contribution is -2.21. The molecule has 1 N–H and O–H groups in total. The number of hydrogen-bond acceptors (Lipinski definition) is 4. The molecular weight excluding hydrogens is 318 g/mol. The molecule has 3 rings (SSSR count). The van der Waals surface area contributed by atoms with E-state index in [0.29, 0.717) is 15.8 Å². The Morgan fingerprint density at radius 1 is 1.23 bits per heavy atom. The summed E-state index contributed by atoms with van der Waals surface area (Å²) >= 11 is 7.10. The van der Waals surface area contributed by atoms with E-state index in [1.54, 1.807) is 30.7 Å². The van der Waals surface area contributed by atoms with Crippen molar-refractivity contribution >= 4 is 28.8 Å². The molecule has 0 bridgehead atoms. The summed E-state index contributed by atoms with van der Waals surface area (Å²) < 4.78 is 0.605. The Hall–Kier alpha value is -2.24. The Morgan fingerprint density at radius 2 is 2.14 bits per heavy atom. The van der Waals surface area contributed by atoms with Gasteiger partial charge in [0.15, 0.2) is 0 Å². The van der Waals surface area contributed by atoms with Gasteiger partial charge in [-0.1, -0.05) is 11.6 Å². The molecule has 0 aliphatic heterocycles. The third-order valence-electron chi connectivity index (χ3n) is 3.03. The molecule has 0 saturated heterocycles. The molecular formula is C16H12ClN3OS. The number of thiophene rings is 1. The average Bonchev–Trinajstić information content (AvgIpc) is 3.00. The van der Waals surface area contributed by atoms with E-state index in [4.69, 9.17) is 11.6 Å². The third-order valence-corrected chi connectivity index (χ3v) is 4.26. The van der Waals surface area contributed by atoms with Gasteiger partial charge < -0.3 is 5.32 Å². The molecule has 0 spiro atoms. The zero-order valence-electron chi connectivity index (χ0n) is 11.5. The molecule has 1 amide bonds. The van der Waals surface area contributed by atoms with Gasteiger partial charge in [0.25, 0.3) is 5.91 Å². The summed E-state index contributed by atoms with van der Waals surface area (Å²) in [5.74, 6) is -0.128. The highest BCUT2D eigenvalue weighted by Gasteiger charge is 2.08. The smallest absolute Gasteiger partial charge is 0.261 e. The van der Waals surface area contributed by atoms with E-state index in [1.807, 2.05) is 24.3 Å². The summed E-state index contributed by atoms with van der Waals surface area (Å²) in [6.07, 6.45) is 5.21. The van der Waals surface area contributed by atoms with Crippen LogP contribution in [0.4, 0.5) is 0 Å². The molecule has 3 aromatic rings. The quantitative estimate of drug-likeness (QED) is 0.792. The summed E-state index contributed by atoms with van der Waals surface area (Å²) in [4.78, 5) is 21.0. The van der Waals surface area contributed by atoms with Crippen LogP contribution in [0.2, 0.25) is 4.34 Å². The molecule has 0 atom stereocenters. The van der Waals surface area contributed by atoms with Crippen molar-refractivity contribution in [3.63, 3.8) is 0 Å². The normalized spacial score (nSPS) is 10.4. The van der Waals surface area contributed by atoms with Crippen molar-refractivity contribution in [2.24, 2.45) is 0 Å². The van der Waals surface area contributed by atoms with Crippen molar-refractivity contribution in [3.8, 4) is 11.3 Å². The van der Waals surface area contributed by atoms with Crippen molar-refractivity contribution in [1.82, 2.24) is 15.3 Å². The fourth-order valence-electron chi connectivity index (χ4n) is 1.96. The molecule has 110 valence electrons. The highest BCUT2D eigenvalue weighted by Crippen LogP contribution is 2.21. The van der Waals surface area contributed by atoms with E-state index in [-0.39, 0.29) is 5.91 Å². The Labute approximate surface area is 136 Å². The molecule has 0 aliphatic rings. The maximum atomic E-state index is 12.0. The Kier molecular flexibility index (Phi) is 4.46.